The third kappa shape index (κ3) is 6.58. The first-order chi connectivity index (χ1) is 10.6. The number of benzene rings is 1. The second-order valence-corrected chi connectivity index (χ2v) is 5.86. The summed E-state index contributed by atoms with van der Waals surface area (Å²) in [6.45, 7) is 7.00. The highest BCUT2D eigenvalue weighted by Crippen LogP contribution is 2.22. The molecule has 0 unspecified atom stereocenters. The van der Waals surface area contributed by atoms with Gasteiger partial charge in [0, 0.05) is 18.7 Å². The monoisotopic (exact) mass is 305 g/mol. The highest BCUT2D eigenvalue weighted by Gasteiger charge is 2.09. The van der Waals surface area contributed by atoms with Crippen LogP contribution in [0.15, 0.2) is 18.2 Å². The van der Waals surface area contributed by atoms with Crippen molar-refractivity contribution in [3.8, 4) is 0 Å². The van der Waals surface area contributed by atoms with Crippen molar-refractivity contribution in [1.82, 2.24) is 10.2 Å². The number of nitrogens with one attached hydrogen (secondary N) is 2. The molecule has 2 N–H and O–H groups in total. The molecule has 1 aromatic carbocycles. The molecular formula is C18H31N3O. The van der Waals surface area contributed by atoms with E-state index in [1.807, 2.05) is 0 Å². The Morgan fingerprint density at radius 2 is 1.73 bits per heavy atom. The molecule has 1 aromatic rings. The summed E-state index contributed by atoms with van der Waals surface area (Å²) < 4.78 is 0. The summed E-state index contributed by atoms with van der Waals surface area (Å²) in [5, 5.41) is 6.43. The maximum absolute atomic E-state index is 12.1. The third-order valence-electron chi connectivity index (χ3n) is 3.75. The largest absolute Gasteiger partial charge is 0.326 e. The zero-order valence-electron chi connectivity index (χ0n) is 14.5. The Balaban J connectivity index is 2.39. The molecule has 0 atom stereocenters. The Morgan fingerprint density at radius 1 is 1.09 bits per heavy atom. The van der Waals surface area contributed by atoms with E-state index in [9.17, 15) is 4.79 Å². The minimum absolute atomic E-state index is 0.0932. The van der Waals surface area contributed by atoms with Gasteiger partial charge >= 0.3 is 0 Å². The molecular weight excluding hydrogens is 274 g/mol. The van der Waals surface area contributed by atoms with Gasteiger partial charge in [-0.25, -0.2) is 0 Å². The molecule has 0 saturated carbocycles. The maximum atomic E-state index is 12.1. The lowest BCUT2D eigenvalue weighted by molar-refractivity contribution is -0.116. The average molecular weight is 305 g/mol. The molecule has 0 heterocycles. The number of amides is 1. The summed E-state index contributed by atoms with van der Waals surface area (Å²) >= 11 is 0. The van der Waals surface area contributed by atoms with Crippen LogP contribution in [0.2, 0.25) is 0 Å². The molecule has 4 nitrogen and oxygen atoms in total. The number of carbonyl (C=O) groups is 1. The molecule has 0 aromatic heterocycles. The highest BCUT2D eigenvalue weighted by molar-refractivity contribution is 5.92. The van der Waals surface area contributed by atoms with Gasteiger partial charge in [0.05, 0.1) is 0 Å². The van der Waals surface area contributed by atoms with Crippen molar-refractivity contribution < 1.29 is 4.79 Å². The number of para-hydroxylation sites is 1. The maximum Gasteiger partial charge on any atom is 0.225 e. The quantitative estimate of drug-likeness (QED) is 0.653. The van der Waals surface area contributed by atoms with Gasteiger partial charge in [0.15, 0.2) is 0 Å². The van der Waals surface area contributed by atoms with Crippen LogP contribution in [0.4, 0.5) is 5.69 Å². The third-order valence-corrected chi connectivity index (χ3v) is 3.75. The van der Waals surface area contributed by atoms with E-state index in [1.54, 1.807) is 0 Å². The smallest absolute Gasteiger partial charge is 0.225 e. The molecule has 0 aliphatic rings. The number of hydrogen-bond acceptors (Lipinski definition) is 3. The Labute approximate surface area is 135 Å². The molecule has 0 saturated heterocycles. The zero-order chi connectivity index (χ0) is 16.4. The number of rotatable bonds is 10. The van der Waals surface area contributed by atoms with Crippen molar-refractivity contribution in [2.45, 2.75) is 39.5 Å². The fourth-order valence-electron chi connectivity index (χ4n) is 2.45. The van der Waals surface area contributed by atoms with Crippen LogP contribution in [0, 0.1) is 0 Å². The molecule has 0 radical (unpaired) electrons. The molecule has 0 aliphatic carbocycles. The van der Waals surface area contributed by atoms with Gasteiger partial charge in [0.1, 0.15) is 0 Å². The first-order valence-corrected chi connectivity index (χ1v) is 8.34. The molecule has 0 spiro atoms. The molecule has 1 amide bonds. The van der Waals surface area contributed by atoms with Crippen molar-refractivity contribution in [1.29, 1.82) is 0 Å². The minimum Gasteiger partial charge on any atom is -0.326 e. The van der Waals surface area contributed by atoms with Crippen molar-refractivity contribution in [2.75, 3.05) is 39.0 Å². The van der Waals surface area contributed by atoms with Crippen LogP contribution < -0.4 is 10.6 Å². The molecule has 0 fully saturated rings. The summed E-state index contributed by atoms with van der Waals surface area (Å²) in [6, 6.07) is 6.25. The standard InChI is InChI=1S/C18H31N3O/c1-5-15-9-7-10-16(6-2)18(15)20-17(22)11-13-19-12-8-14-21(3)4/h7,9-10,19H,5-6,8,11-14H2,1-4H3,(H,20,22). The lowest BCUT2D eigenvalue weighted by atomic mass is 10.0. The second kappa shape index (κ2) is 10.4. The van der Waals surface area contributed by atoms with Crippen LogP contribution in [0.1, 0.15) is 37.8 Å². The van der Waals surface area contributed by atoms with Gasteiger partial charge in [-0.3, -0.25) is 4.79 Å². The van der Waals surface area contributed by atoms with Crippen LogP contribution in [0.3, 0.4) is 0 Å². The van der Waals surface area contributed by atoms with E-state index in [0.29, 0.717) is 6.42 Å². The first-order valence-electron chi connectivity index (χ1n) is 8.34. The lowest BCUT2D eigenvalue weighted by Gasteiger charge is -2.14. The molecule has 0 aliphatic heterocycles. The van der Waals surface area contributed by atoms with Gasteiger partial charge < -0.3 is 15.5 Å². The van der Waals surface area contributed by atoms with E-state index in [1.165, 1.54) is 11.1 Å². The summed E-state index contributed by atoms with van der Waals surface area (Å²) in [4.78, 5) is 14.3. The lowest BCUT2D eigenvalue weighted by Crippen LogP contribution is -2.25. The Morgan fingerprint density at radius 3 is 2.27 bits per heavy atom. The predicted octanol–water partition coefficient (Wildman–Crippen LogP) is 2.68. The Hall–Kier alpha value is -1.39. The van der Waals surface area contributed by atoms with Crippen molar-refractivity contribution in [3.05, 3.63) is 29.3 Å². The van der Waals surface area contributed by atoms with E-state index in [4.69, 9.17) is 0 Å². The Bertz CT molecular complexity index is 435. The minimum atomic E-state index is 0.0932. The summed E-state index contributed by atoms with van der Waals surface area (Å²) in [7, 11) is 4.15. The van der Waals surface area contributed by atoms with Gasteiger partial charge in [-0.2, -0.15) is 0 Å². The van der Waals surface area contributed by atoms with Crippen LogP contribution in [0.5, 0.6) is 0 Å². The molecule has 22 heavy (non-hydrogen) atoms. The molecule has 1 rings (SSSR count). The van der Waals surface area contributed by atoms with Crippen molar-refractivity contribution >= 4 is 11.6 Å². The topological polar surface area (TPSA) is 44.4 Å². The SMILES string of the molecule is CCc1cccc(CC)c1NC(=O)CCNCCCN(C)C. The number of hydrogen-bond donors (Lipinski definition) is 2. The van der Waals surface area contributed by atoms with E-state index in [0.717, 1.165) is 44.6 Å². The summed E-state index contributed by atoms with van der Waals surface area (Å²) in [5.41, 5.74) is 3.45. The van der Waals surface area contributed by atoms with E-state index in [-0.39, 0.29) is 5.91 Å². The number of nitrogens with zero attached hydrogens (tertiary/aromatic N) is 1. The van der Waals surface area contributed by atoms with Crippen molar-refractivity contribution in [2.24, 2.45) is 0 Å². The summed E-state index contributed by atoms with van der Waals surface area (Å²) in [5.74, 6) is 0.0932. The fourth-order valence-corrected chi connectivity index (χ4v) is 2.45. The van der Waals surface area contributed by atoms with Crippen LogP contribution in [-0.2, 0) is 17.6 Å². The second-order valence-electron chi connectivity index (χ2n) is 5.86. The van der Waals surface area contributed by atoms with Crippen LogP contribution >= 0.6 is 0 Å². The normalized spacial score (nSPS) is 11.0. The predicted molar refractivity (Wildman–Crippen MR) is 94.5 cm³/mol. The van der Waals surface area contributed by atoms with Gasteiger partial charge in [-0.05, 0) is 57.6 Å². The number of anilines is 1. The average Bonchev–Trinajstić information content (AvgIpc) is 2.50. The first kappa shape index (κ1) is 18.7. The summed E-state index contributed by atoms with van der Waals surface area (Å²) in [6.07, 6.45) is 3.49. The van der Waals surface area contributed by atoms with Crippen LogP contribution in [0.25, 0.3) is 0 Å². The van der Waals surface area contributed by atoms with Crippen LogP contribution in [-0.4, -0.2) is 44.5 Å². The van der Waals surface area contributed by atoms with E-state index >= 15 is 0 Å². The Kier molecular flexibility index (Phi) is 8.78. The van der Waals surface area contributed by atoms with E-state index in [2.05, 4.69) is 61.7 Å². The van der Waals surface area contributed by atoms with Gasteiger partial charge in [-0.1, -0.05) is 32.0 Å². The molecule has 124 valence electrons. The number of aryl methyl sites for hydroxylation is 2. The highest BCUT2D eigenvalue weighted by atomic mass is 16.1. The van der Waals surface area contributed by atoms with Gasteiger partial charge in [-0.15, -0.1) is 0 Å². The molecule has 4 heteroatoms. The van der Waals surface area contributed by atoms with E-state index < -0.39 is 0 Å². The van der Waals surface area contributed by atoms with Gasteiger partial charge in [0.25, 0.3) is 0 Å². The number of carbonyl (C=O) groups excluding carboxylic acids is 1. The van der Waals surface area contributed by atoms with Crippen molar-refractivity contribution in [3.63, 3.8) is 0 Å². The fraction of sp³-hybridized carbons (Fsp3) is 0.611. The van der Waals surface area contributed by atoms with Gasteiger partial charge in [0.2, 0.25) is 5.91 Å². The molecule has 0 bridgehead atoms. The zero-order valence-corrected chi connectivity index (χ0v) is 14.5.